The van der Waals surface area contributed by atoms with Crippen molar-refractivity contribution in [3.63, 3.8) is 0 Å². The fourth-order valence-electron chi connectivity index (χ4n) is 1.62. The summed E-state index contributed by atoms with van der Waals surface area (Å²) in [5.41, 5.74) is 0.640. The van der Waals surface area contributed by atoms with Crippen molar-refractivity contribution in [1.29, 1.82) is 0 Å². The Morgan fingerprint density at radius 2 is 1.83 bits per heavy atom. The topological polar surface area (TPSA) is 17.1 Å². The van der Waals surface area contributed by atoms with Gasteiger partial charge in [0.15, 0.2) is 5.78 Å². The fourth-order valence-corrected chi connectivity index (χ4v) is 1.81. The maximum atomic E-state index is 13.2. The number of hydrogen-bond acceptors (Lipinski definition) is 1. The summed E-state index contributed by atoms with van der Waals surface area (Å²) in [7, 11) is 0. The molecule has 0 unspecified atom stereocenters. The van der Waals surface area contributed by atoms with Crippen LogP contribution in [0.2, 0.25) is 5.02 Å². The number of carbonyl (C=O) groups is 1. The Bertz CT molecular complexity index is 596. The maximum Gasteiger partial charge on any atom is 0.167 e. The molecule has 92 valence electrons. The second kappa shape index (κ2) is 5.27. The van der Waals surface area contributed by atoms with Crippen LogP contribution in [0.1, 0.15) is 15.9 Å². The first-order chi connectivity index (χ1) is 8.58. The van der Waals surface area contributed by atoms with E-state index >= 15 is 0 Å². The molecule has 0 heterocycles. The zero-order valence-electron chi connectivity index (χ0n) is 9.29. The molecule has 0 aliphatic rings. The Kier molecular flexibility index (Phi) is 3.72. The minimum atomic E-state index is -0.568. The number of halogens is 3. The first-order valence-electron chi connectivity index (χ1n) is 5.29. The van der Waals surface area contributed by atoms with Crippen molar-refractivity contribution < 1.29 is 13.6 Å². The summed E-state index contributed by atoms with van der Waals surface area (Å²) >= 11 is 5.75. The average Bonchev–Trinajstić information content (AvgIpc) is 2.35. The second-order valence-electron chi connectivity index (χ2n) is 3.82. The zero-order valence-corrected chi connectivity index (χ0v) is 10.0. The number of rotatable bonds is 3. The standard InChI is InChI=1S/C14H9ClF2O/c15-14-10(4-2-6-12(14)17)8-13(18)9-3-1-5-11(16)7-9/h1-7H,8H2. The first-order valence-corrected chi connectivity index (χ1v) is 5.67. The fraction of sp³-hybridized carbons (Fsp3) is 0.0714. The Hall–Kier alpha value is -1.74. The van der Waals surface area contributed by atoms with Crippen LogP contribution in [-0.4, -0.2) is 5.78 Å². The van der Waals surface area contributed by atoms with Crippen LogP contribution in [0.3, 0.4) is 0 Å². The summed E-state index contributed by atoms with van der Waals surface area (Å²) in [6, 6.07) is 9.65. The molecule has 0 spiro atoms. The first kappa shape index (κ1) is 12.7. The third-order valence-corrected chi connectivity index (χ3v) is 2.95. The van der Waals surface area contributed by atoms with E-state index in [0.29, 0.717) is 5.56 Å². The quantitative estimate of drug-likeness (QED) is 0.766. The van der Waals surface area contributed by atoms with Gasteiger partial charge in [0.1, 0.15) is 11.6 Å². The molecule has 0 atom stereocenters. The van der Waals surface area contributed by atoms with Gasteiger partial charge in [-0.3, -0.25) is 4.79 Å². The molecule has 0 amide bonds. The molecule has 0 aliphatic heterocycles. The largest absolute Gasteiger partial charge is 0.294 e. The highest BCUT2D eigenvalue weighted by molar-refractivity contribution is 6.31. The predicted octanol–water partition coefficient (Wildman–Crippen LogP) is 4.04. The van der Waals surface area contributed by atoms with E-state index in [1.165, 1.54) is 30.3 Å². The van der Waals surface area contributed by atoms with Gasteiger partial charge in [-0.1, -0.05) is 35.9 Å². The van der Waals surface area contributed by atoms with E-state index in [2.05, 4.69) is 0 Å². The van der Waals surface area contributed by atoms with Crippen LogP contribution in [0.25, 0.3) is 0 Å². The molecule has 0 aliphatic carbocycles. The minimum Gasteiger partial charge on any atom is -0.294 e. The molecule has 18 heavy (non-hydrogen) atoms. The summed E-state index contributed by atoms with van der Waals surface area (Å²) in [6.07, 6.45) is -0.0555. The van der Waals surface area contributed by atoms with Gasteiger partial charge >= 0.3 is 0 Å². The van der Waals surface area contributed by atoms with Crippen LogP contribution in [0.15, 0.2) is 42.5 Å². The summed E-state index contributed by atoms with van der Waals surface area (Å²) in [5.74, 6) is -1.35. The SMILES string of the molecule is O=C(Cc1cccc(F)c1Cl)c1cccc(F)c1. The van der Waals surface area contributed by atoms with Gasteiger partial charge in [-0.2, -0.15) is 0 Å². The molecule has 0 bridgehead atoms. The summed E-state index contributed by atoms with van der Waals surface area (Å²) in [4.78, 5) is 11.9. The third-order valence-electron chi connectivity index (χ3n) is 2.53. The van der Waals surface area contributed by atoms with E-state index in [-0.39, 0.29) is 22.8 Å². The number of ketones is 1. The molecule has 4 heteroatoms. The molecule has 0 saturated carbocycles. The predicted molar refractivity (Wildman–Crippen MR) is 65.8 cm³/mol. The Labute approximate surface area is 108 Å². The van der Waals surface area contributed by atoms with E-state index in [9.17, 15) is 13.6 Å². The van der Waals surface area contributed by atoms with Gasteiger partial charge in [0.05, 0.1) is 5.02 Å². The summed E-state index contributed by atoms with van der Waals surface area (Å²) in [5, 5.41) is -0.0674. The second-order valence-corrected chi connectivity index (χ2v) is 4.20. The van der Waals surface area contributed by atoms with Crippen molar-refractivity contribution >= 4 is 17.4 Å². The van der Waals surface area contributed by atoms with Gasteiger partial charge in [0.2, 0.25) is 0 Å². The van der Waals surface area contributed by atoms with Crippen LogP contribution in [0.4, 0.5) is 8.78 Å². The van der Waals surface area contributed by atoms with Crippen molar-refractivity contribution in [2.75, 3.05) is 0 Å². The lowest BCUT2D eigenvalue weighted by Crippen LogP contribution is -2.04. The number of hydrogen-bond donors (Lipinski definition) is 0. The summed E-state index contributed by atoms with van der Waals surface area (Å²) in [6.45, 7) is 0. The Morgan fingerprint density at radius 3 is 2.56 bits per heavy atom. The average molecular weight is 267 g/mol. The maximum absolute atomic E-state index is 13.2. The van der Waals surface area contributed by atoms with Crippen molar-refractivity contribution in [3.05, 3.63) is 70.2 Å². The van der Waals surface area contributed by atoms with Crippen molar-refractivity contribution in [2.45, 2.75) is 6.42 Å². The van der Waals surface area contributed by atoms with Crippen molar-refractivity contribution in [2.24, 2.45) is 0 Å². The lowest BCUT2D eigenvalue weighted by Gasteiger charge is -2.04. The molecule has 2 aromatic carbocycles. The molecular weight excluding hydrogens is 258 g/mol. The van der Waals surface area contributed by atoms with Crippen molar-refractivity contribution in [3.8, 4) is 0 Å². The molecule has 0 fully saturated rings. The lowest BCUT2D eigenvalue weighted by molar-refractivity contribution is 0.0992. The van der Waals surface area contributed by atoms with Crippen LogP contribution in [0.5, 0.6) is 0 Å². The lowest BCUT2D eigenvalue weighted by atomic mass is 10.0. The molecule has 0 saturated heterocycles. The molecular formula is C14H9ClF2O. The van der Waals surface area contributed by atoms with Gasteiger partial charge in [-0.15, -0.1) is 0 Å². The summed E-state index contributed by atoms with van der Waals surface area (Å²) < 4.78 is 26.2. The van der Waals surface area contributed by atoms with Crippen molar-refractivity contribution in [1.82, 2.24) is 0 Å². The normalized spacial score (nSPS) is 10.4. The molecule has 2 aromatic rings. The molecule has 0 N–H and O–H groups in total. The molecule has 2 rings (SSSR count). The van der Waals surface area contributed by atoms with Crippen LogP contribution in [0, 0.1) is 11.6 Å². The zero-order chi connectivity index (χ0) is 13.1. The number of carbonyl (C=O) groups excluding carboxylic acids is 1. The van der Waals surface area contributed by atoms with E-state index < -0.39 is 11.6 Å². The van der Waals surface area contributed by atoms with E-state index in [1.54, 1.807) is 6.07 Å². The molecule has 0 radical (unpaired) electrons. The Balaban J connectivity index is 2.24. The van der Waals surface area contributed by atoms with Crippen LogP contribution < -0.4 is 0 Å². The molecule has 0 aromatic heterocycles. The number of Topliss-reactive ketones (excluding diaryl/α,β-unsaturated/α-hetero) is 1. The third kappa shape index (κ3) is 2.74. The van der Waals surface area contributed by atoms with Crippen LogP contribution in [-0.2, 0) is 6.42 Å². The van der Waals surface area contributed by atoms with Gasteiger partial charge in [0.25, 0.3) is 0 Å². The van der Waals surface area contributed by atoms with Crippen LogP contribution >= 0.6 is 11.6 Å². The highest BCUT2D eigenvalue weighted by Gasteiger charge is 2.12. The van der Waals surface area contributed by atoms with Gasteiger partial charge in [-0.05, 0) is 23.8 Å². The highest BCUT2D eigenvalue weighted by Crippen LogP contribution is 2.21. The van der Waals surface area contributed by atoms with E-state index in [0.717, 1.165) is 6.07 Å². The number of benzene rings is 2. The van der Waals surface area contributed by atoms with E-state index in [4.69, 9.17) is 11.6 Å². The van der Waals surface area contributed by atoms with Gasteiger partial charge in [0, 0.05) is 12.0 Å². The van der Waals surface area contributed by atoms with E-state index in [1.807, 2.05) is 0 Å². The minimum absolute atomic E-state index is 0.0555. The van der Waals surface area contributed by atoms with Gasteiger partial charge in [-0.25, -0.2) is 8.78 Å². The highest BCUT2D eigenvalue weighted by atomic mass is 35.5. The smallest absolute Gasteiger partial charge is 0.167 e. The Morgan fingerprint density at radius 1 is 1.11 bits per heavy atom. The van der Waals surface area contributed by atoms with Gasteiger partial charge < -0.3 is 0 Å². The molecule has 1 nitrogen and oxygen atoms in total. The monoisotopic (exact) mass is 266 g/mol.